The van der Waals surface area contributed by atoms with E-state index in [1.54, 1.807) is 7.11 Å². The molecule has 0 saturated carbocycles. The van der Waals surface area contributed by atoms with Gasteiger partial charge in [-0.3, -0.25) is 0 Å². The monoisotopic (exact) mass is 251 g/mol. The lowest BCUT2D eigenvalue weighted by Crippen LogP contribution is -2.25. The van der Waals surface area contributed by atoms with E-state index < -0.39 is 0 Å². The number of aryl methyl sites for hydroxylation is 1. The molecule has 0 aromatic heterocycles. The third kappa shape index (κ3) is 4.31. The quantitative estimate of drug-likeness (QED) is 0.844. The molecule has 18 heavy (non-hydrogen) atoms. The van der Waals surface area contributed by atoms with Gasteiger partial charge in [-0.2, -0.15) is 0 Å². The lowest BCUT2D eigenvalue weighted by molar-refractivity contribution is 0.00536. The molecule has 0 heterocycles. The maximum absolute atomic E-state index is 5.96. The summed E-state index contributed by atoms with van der Waals surface area (Å²) in [6, 6.07) is 6.10. The van der Waals surface area contributed by atoms with Gasteiger partial charge in [0.2, 0.25) is 0 Å². The van der Waals surface area contributed by atoms with Gasteiger partial charge in [-0.1, -0.05) is 17.7 Å². The third-order valence-corrected chi connectivity index (χ3v) is 3.17. The molecule has 0 amide bonds. The molecular formula is C15H25NO2. The van der Waals surface area contributed by atoms with E-state index in [1.807, 2.05) is 19.1 Å². The van der Waals surface area contributed by atoms with E-state index >= 15 is 0 Å². The van der Waals surface area contributed by atoms with Crippen LogP contribution < -0.4 is 10.5 Å². The van der Waals surface area contributed by atoms with Crippen molar-refractivity contribution in [3.63, 3.8) is 0 Å². The van der Waals surface area contributed by atoms with Crippen molar-refractivity contribution in [2.24, 2.45) is 5.73 Å². The second-order valence-electron chi connectivity index (χ2n) is 5.39. The van der Waals surface area contributed by atoms with Crippen LogP contribution in [0.1, 0.15) is 44.4 Å². The molecule has 0 unspecified atom stereocenters. The van der Waals surface area contributed by atoms with Crippen molar-refractivity contribution >= 4 is 0 Å². The molecule has 0 radical (unpaired) electrons. The zero-order valence-corrected chi connectivity index (χ0v) is 12.1. The molecular weight excluding hydrogens is 226 g/mol. The summed E-state index contributed by atoms with van der Waals surface area (Å²) < 4.78 is 11.2. The second-order valence-corrected chi connectivity index (χ2v) is 5.39. The van der Waals surface area contributed by atoms with E-state index in [9.17, 15) is 0 Å². The fourth-order valence-electron chi connectivity index (χ4n) is 1.66. The Bertz CT molecular complexity index is 386. The lowest BCUT2D eigenvalue weighted by atomic mass is 10.0. The van der Waals surface area contributed by atoms with Gasteiger partial charge in [-0.15, -0.1) is 0 Å². The Hall–Kier alpha value is -1.06. The Labute approximate surface area is 110 Å². The van der Waals surface area contributed by atoms with Crippen LogP contribution in [0.2, 0.25) is 0 Å². The van der Waals surface area contributed by atoms with Crippen LogP contribution in [0.15, 0.2) is 18.2 Å². The van der Waals surface area contributed by atoms with E-state index in [0.29, 0.717) is 6.61 Å². The molecule has 2 N–H and O–H groups in total. The average Bonchev–Trinajstić information content (AvgIpc) is 2.30. The topological polar surface area (TPSA) is 44.5 Å². The van der Waals surface area contributed by atoms with Gasteiger partial charge in [0.1, 0.15) is 5.75 Å². The molecule has 1 aromatic rings. The second kappa shape index (κ2) is 6.21. The van der Waals surface area contributed by atoms with Crippen LogP contribution in [0, 0.1) is 6.92 Å². The number of methoxy groups -OCH3 is 1. The van der Waals surface area contributed by atoms with E-state index in [2.05, 4.69) is 26.8 Å². The van der Waals surface area contributed by atoms with Crippen molar-refractivity contribution < 1.29 is 9.47 Å². The molecule has 0 fully saturated rings. The highest BCUT2D eigenvalue weighted by atomic mass is 16.5. The molecule has 0 bridgehead atoms. The van der Waals surface area contributed by atoms with Gasteiger partial charge in [0.15, 0.2) is 0 Å². The minimum Gasteiger partial charge on any atom is -0.493 e. The predicted molar refractivity (Wildman–Crippen MR) is 75.0 cm³/mol. The van der Waals surface area contributed by atoms with Gasteiger partial charge in [0.25, 0.3) is 0 Å². The number of benzene rings is 1. The largest absolute Gasteiger partial charge is 0.493 e. The first kappa shape index (κ1) is 15.0. The van der Waals surface area contributed by atoms with Crippen molar-refractivity contribution in [3.8, 4) is 5.75 Å². The van der Waals surface area contributed by atoms with Crippen LogP contribution in [0.3, 0.4) is 0 Å². The van der Waals surface area contributed by atoms with Crippen molar-refractivity contribution in [3.05, 3.63) is 29.3 Å². The molecule has 3 heteroatoms. The van der Waals surface area contributed by atoms with Crippen molar-refractivity contribution in [2.45, 2.75) is 45.8 Å². The number of hydrogen-bond acceptors (Lipinski definition) is 3. The predicted octanol–water partition coefficient (Wildman–Crippen LogP) is 3.21. The summed E-state index contributed by atoms with van der Waals surface area (Å²) in [5, 5.41) is 0. The van der Waals surface area contributed by atoms with Gasteiger partial charge >= 0.3 is 0 Å². The molecule has 1 atom stereocenters. The first-order chi connectivity index (χ1) is 8.35. The standard InChI is InChI=1S/C15H25NO2/c1-11-6-7-14(13(10-11)12(2)16)18-9-8-15(3,4)17-5/h6-7,10,12H,8-9,16H2,1-5H3/t12-/m0/s1. The summed E-state index contributed by atoms with van der Waals surface area (Å²) >= 11 is 0. The summed E-state index contributed by atoms with van der Waals surface area (Å²) in [7, 11) is 1.72. The third-order valence-electron chi connectivity index (χ3n) is 3.17. The molecule has 1 rings (SSSR count). The summed E-state index contributed by atoms with van der Waals surface area (Å²) in [5.41, 5.74) is 8.07. The zero-order valence-electron chi connectivity index (χ0n) is 12.1. The highest BCUT2D eigenvalue weighted by Crippen LogP contribution is 2.25. The van der Waals surface area contributed by atoms with Crippen molar-refractivity contribution in [1.29, 1.82) is 0 Å². The average molecular weight is 251 g/mol. The van der Waals surface area contributed by atoms with Crippen LogP contribution in [0.4, 0.5) is 0 Å². The van der Waals surface area contributed by atoms with Crippen LogP contribution >= 0.6 is 0 Å². The smallest absolute Gasteiger partial charge is 0.124 e. The number of hydrogen-bond donors (Lipinski definition) is 1. The number of rotatable bonds is 6. The number of ether oxygens (including phenoxy) is 2. The minimum atomic E-state index is -0.154. The van der Waals surface area contributed by atoms with E-state index in [1.165, 1.54) is 5.56 Å². The maximum Gasteiger partial charge on any atom is 0.124 e. The summed E-state index contributed by atoms with van der Waals surface area (Å²) in [4.78, 5) is 0. The minimum absolute atomic E-state index is 0.0182. The fourth-order valence-corrected chi connectivity index (χ4v) is 1.66. The molecule has 3 nitrogen and oxygen atoms in total. The van der Waals surface area contributed by atoms with Crippen LogP contribution in [0.5, 0.6) is 5.75 Å². The van der Waals surface area contributed by atoms with Crippen molar-refractivity contribution in [1.82, 2.24) is 0 Å². The molecule has 1 aromatic carbocycles. The zero-order chi connectivity index (χ0) is 13.8. The van der Waals surface area contributed by atoms with Gasteiger partial charge in [0.05, 0.1) is 12.2 Å². The first-order valence-corrected chi connectivity index (χ1v) is 6.40. The van der Waals surface area contributed by atoms with E-state index in [-0.39, 0.29) is 11.6 Å². The van der Waals surface area contributed by atoms with Crippen molar-refractivity contribution in [2.75, 3.05) is 13.7 Å². The SMILES string of the molecule is COC(C)(C)CCOc1ccc(C)cc1[C@H](C)N. The Morgan fingerprint density at radius 2 is 2.00 bits per heavy atom. The Morgan fingerprint density at radius 1 is 1.33 bits per heavy atom. The van der Waals surface area contributed by atoms with E-state index in [0.717, 1.165) is 17.7 Å². The molecule has 0 aliphatic carbocycles. The van der Waals surface area contributed by atoms with Crippen LogP contribution in [-0.2, 0) is 4.74 Å². The van der Waals surface area contributed by atoms with Gasteiger partial charge in [0, 0.05) is 25.1 Å². The molecule has 102 valence electrons. The Morgan fingerprint density at radius 3 is 2.56 bits per heavy atom. The Balaban J connectivity index is 2.67. The highest BCUT2D eigenvalue weighted by molar-refractivity contribution is 5.38. The molecule has 0 spiro atoms. The van der Waals surface area contributed by atoms with Gasteiger partial charge < -0.3 is 15.2 Å². The van der Waals surface area contributed by atoms with Gasteiger partial charge in [-0.05, 0) is 33.8 Å². The molecule has 0 aliphatic heterocycles. The molecule has 0 aliphatic rings. The Kier molecular flexibility index (Phi) is 5.17. The summed E-state index contributed by atoms with van der Waals surface area (Å²) in [5.74, 6) is 0.877. The normalized spacial score (nSPS) is 13.4. The highest BCUT2D eigenvalue weighted by Gasteiger charge is 2.16. The molecule has 0 saturated heterocycles. The maximum atomic E-state index is 5.96. The van der Waals surface area contributed by atoms with Crippen LogP contribution in [0.25, 0.3) is 0 Å². The first-order valence-electron chi connectivity index (χ1n) is 6.40. The van der Waals surface area contributed by atoms with Gasteiger partial charge in [-0.25, -0.2) is 0 Å². The van der Waals surface area contributed by atoms with Crippen LogP contribution in [-0.4, -0.2) is 19.3 Å². The summed E-state index contributed by atoms with van der Waals surface area (Å²) in [6.07, 6.45) is 0.843. The summed E-state index contributed by atoms with van der Waals surface area (Å²) in [6.45, 7) is 8.77. The lowest BCUT2D eigenvalue weighted by Gasteiger charge is -2.23. The van der Waals surface area contributed by atoms with E-state index in [4.69, 9.17) is 15.2 Å². The number of nitrogens with two attached hydrogens (primary N) is 1. The fraction of sp³-hybridized carbons (Fsp3) is 0.600.